The summed E-state index contributed by atoms with van der Waals surface area (Å²) in [5.41, 5.74) is 4.66. The molecule has 0 heterocycles. The van der Waals surface area contributed by atoms with Crippen LogP contribution in [-0.2, 0) is 11.3 Å². The molecule has 0 fully saturated rings. The molecule has 16 heavy (non-hydrogen) atoms. The first-order chi connectivity index (χ1) is 7.45. The number of amides is 1. The molecule has 0 aliphatic rings. The van der Waals surface area contributed by atoms with E-state index in [0.29, 0.717) is 6.54 Å². The normalized spacial score (nSPS) is 9.69. The molecule has 0 unspecified atom stereocenters. The quantitative estimate of drug-likeness (QED) is 0.710. The molecule has 1 aromatic carbocycles. The predicted octanol–water partition coefficient (Wildman–Crippen LogP) is 2.09. The second-order valence-corrected chi connectivity index (χ2v) is 4.15. The third-order valence-corrected chi connectivity index (χ3v) is 2.68. The summed E-state index contributed by atoms with van der Waals surface area (Å²) in [6.45, 7) is 6.60. The molecule has 3 heteroatoms. The molecule has 0 aliphatic heterocycles. The maximum atomic E-state index is 11.2. The van der Waals surface area contributed by atoms with E-state index in [1.54, 1.807) is 13.1 Å². The van der Waals surface area contributed by atoms with Crippen molar-refractivity contribution < 1.29 is 4.79 Å². The van der Waals surface area contributed by atoms with Gasteiger partial charge in [0.15, 0.2) is 6.07 Å². The van der Waals surface area contributed by atoms with E-state index in [9.17, 15) is 4.79 Å². The van der Waals surface area contributed by atoms with Gasteiger partial charge >= 0.3 is 5.91 Å². The Labute approximate surface area is 96.3 Å². The van der Waals surface area contributed by atoms with Crippen LogP contribution in [0, 0.1) is 32.1 Å². The maximum Gasteiger partial charge on any atom is 0.325 e. The minimum absolute atomic E-state index is 0.490. The lowest BCUT2D eigenvalue weighted by Gasteiger charge is -2.17. The number of carbonyl (C=O) groups excluding carboxylic acids is 1. The molecule has 0 bridgehead atoms. The number of benzene rings is 1. The number of nitriles is 1. The smallest absolute Gasteiger partial charge is 0.325 e. The van der Waals surface area contributed by atoms with Crippen molar-refractivity contribution in [1.82, 2.24) is 4.90 Å². The fourth-order valence-corrected chi connectivity index (χ4v) is 1.85. The van der Waals surface area contributed by atoms with Gasteiger partial charge in [-0.1, -0.05) is 17.7 Å². The van der Waals surface area contributed by atoms with Crippen LogP contribution in [-0.4, -0.2) is 17.9 Å². The van der Waals surface area contributed by atoms with E-state index in [0.717, 1.165) is 16.7 Å². The zero-order chi connectivity index (χ0) is 12.3. The van der Waals surface area contributed by atoms with Crippen molar-refractivity contribution in [3.63, 3.8) is 0 Å². The van der Waals surface area contributed by atoms with Gasteiger partial charge < -0.3 is 4.90 Å². The predicted molar refractivity (Wildman–Crippen MR) is 62.7 cm³/mol. The van der Waals surface area contributed by atoms with Gasteiger partial charge in [-0.25, -0.2) is 0 Å². The first kappa shape index (κ1) is 12.3. The first-order valence-electron chi connectivity index (χ1n) is 5.17. The molecule has 0 aromatic heterocycles. The van der Waals surface area contributed by atoms with E-state index in [4.69, 9.17) is 5.26 Å². The Hall–Kier alpha value is -1.82. The lowest BCUT2D eigenvalue weighted by Crippen LogP contribution is -2.25. The van der Waals surface area contributed by atoms with Crippen LogP contribution in [0.3, 0.4) is 0 Å². The van der Waals surface area contributed by atoms with Gasteiger partial charge in [0, 0.05) is 13.6 Å². The SMILES string of the molecule is Cc1cc(C)c(CN(C)C(=O)C#N)c(C)c1. The van der Waals surface area contributed by atoms with Gasteiger partial charge in [0.1, 0.15) is 0 Å². The third-order valence-electron chi connectivity index (χ3n) is 2.68. The molecule has 0 atom stereocenters. The van der Waals surface area contributed by atoms with Gasteiger partial charge in [-0.15, -0.1) is 0 Å². The van der Waals surface area contributed by atoms with Crippen molar-refractivity contribution in [2.45, 2.75) is 27.3 Å². The largest absolute Gasteiger partial charge is 0.329 e. The summed E-state index contributed by atoms with van der Waals surface area (Å²) in [4.78, 5) is 12.6. The van der Waals surface area contributed by atoms with Crippen molar-refractivity contribution in [3.8, 4) is 6.07 Å². The molecule has 0 aliphatic carbocycles. The topological polar surface area (TPSA) is 44.1 Å². The maximum absolute atomic E-state index is 11.2. The molecular weight excluding hydrogens is 200 g/mol. The first-order valence-corrected chi connectivity index (χ1v) is 5.17. The van der Waals surface area contributed by atoms with Crippen molar-refractivity contribution >= 4 is 5.91 Å². The van der Waals surface area contributed by atoms with Crippen LogP contribution in [0.15, 0.2) is 12.1 Å². The highest BCUT2D eigenvalue weighted by molar-refractivity contribution is 5.90. The van der Waals surface area contributed by atoms with Crippen molar-refractivity contribution in [2.24, 2.45) is 0 Å². The molecule has 1 rings (SSSR count). The molecule has 0 saturated carbocycles. The number of aryl methyl sites for hydroxylation is 3. The molecule has 84 valence electrons. The van der Waals surface area contributed by atoms with E-state index in [1.807, 2.05) is 20.8 Å². The lowest BCUT2D eigenvalue weighted by atomic mass is 9.99. The van der Waals surface area contributed by atoms with E-state index in [1.165, 1.54) is 10.5 Å². The number of carbonyl (C=O) groups is 1. The average molecular weight is 216 g/mol. The van der Waals surface area contributed by atoms with Gasteiger partial charge in [-0.3, -0.25) is 4.79 Å². The highest BCUT2D eigenvalue weighted by atomic mass is 16.2. The summed E-state index contributed by atoms with van der Waals surface area (Å²) in [5, 5.41) is 8.52. The molecule has 1 amide bonds. The van der Waals surface area contributed by atoms with E-state index in [-0.39, 0.29) is 0 Å². The average Bonchev–Trinajstić information content (AvgIpc) is 2.21. The minimum atomic E-state index is -0.501. The Bertz CT molecular complexity index is 434. The molecular formula is C13H16N2O. The van der Waals surface area contributed by atoms with Gasteiger partial charge in [-0.2, -0.15) is 5.26 Å². The second kappa shape index (κ2) is 4.80. The molecule has 0 saturated heterocycles. The van der Waals surface area contributed by atoms with E-state index in [2.05, 4.69) is 12.1 Å². The minimum Gasteiger partial charge on any atom is -0.329 e. The number of nitrogens with zero attached hydrogens (tertiary/aromatic N) is 2. The van der Waals surface area contributed by atoms with E-state index < -0.39 is 5.91 Å². The van der Waals surface area contributed by atoms with Crippen LogP contribution in [0.1, 0.15) is 22.3 Å². The van der Waals surface area contributed by atoms with Crippen molar-refractivity contribution in [2.75, 3.05) is 7.05 Å². The highest BCUT2D eigenvalue weighted by Gasteiger charge is 2.11. The van der Waals surface area contributed by atoms with Crippen LogP contribution in [0.5, 0.6) is 0 Å². The van der Waals surface area contributed by atoms with Gasteiger partial charge in [0.2, 0.25) is 0 Å². The Balaban J connectivity index is 2.99. The van der Waals surface area contributed by atoms with Crippen molar-refractivity contribution in [1.29, 1.82) is 5.26 Å². The summed E-state index contributed by atoms with van der Waals surface area (Å²) < 4.78 is 0. The highest BCUT2D eigenvalue weighted by Crippen LogP contribution is 2.17. The monoisotopic (exact) mass is 216 g/mol. The molecule has 0 N–H and O–H groups in total. The Kier molecular flexibility index (Phi) is 3.68. The summed E-state index contributed by atoms with van der Waals surface area (Å²) >= 11 is 0. The Morgan fingerprint density at radius 2 is 1.81 bits per heavy atom. The Morgan fingerprint density at radius 3 is 2.25 bits per heavy atom. The number of rotatable bonds is 2. The molecule has 3 nitrogen and oxygen atoms in total. The van der Waals surface area contributed by atoms with Crippen LogP contribution >= 0.6 is 0 Å². The molecule has 0 radical (unpaired) electrons. The summed E-state index contributed by atoms with van der Waals surface area (Å²) in [6.07, 6.45) is 0. The van der Waals surface area contributed by atoms with Crippen LogP contribution < -0.4 is 0 Å². The second-order valence-electron chi connectivity index (χ2n) is 4.15. The number of hydrogen-bond donors (Lipinski definition) is 0. The van der Waals surface area contributed by atoms with Crippen LogP contribution in [0.25, 0.3) is 0 Å². The summed E-state index contributed by atoms with van der Waals surface area (Å²) in [5.74, 6) is -0.501. The zero-order valence-electron chi connectivity index (χ0n) is 10.2. The standard InChI is InChI=1S/C13H16N2O/c1-9-5-10(2)12(11(3)6-9)8-15(4)13(16)7-14/h5-6H,8H2,1-4H3. The van der Waals surface area contributed by atoms with Gasteiger partial charge in [0.25, 0.3) is 0 Å². The number of hydrogen-bond acceptors (Lipinski definition) is 2. The Morgan fingerprint density at radius 1 is 1.31 bits per heavy atom. The van der Waals surface area contributed by atoms with E-state index >= 15 is 0 Å². The third kappa shape index (κ3) is 2.60. The zero-order valence-corrected chi connectivity index (χ0v) is 10.2. The van der Waals surface area contributed by atoms with Crippen LogP contribution in [0.2, 0.25) is 0 Å². The summed E-state index contributed by atoms with van der Waals surface area (Å²) in [7, 11) is 1.64. The fourth-order valence-electron chi connectivity index (χ4n) is 1.85. The fraction of sp³-hybridized carbons (Fsp3) is 0.385. The van der Waals surface area contributed by atoms with Gasteiger partial charge in [0.05, 0.1) is 0 Å². The van der Waals surface area contributed by atoms with Gasteiger partial charge in [-0.05, 0) is 37.5 Å². The van der Waals surface area contributed by atoms with Crippen molar-refractivity contribution in [3.05, 3.63) is 34.4 Å². The van der Waals surface area contributed by atoms with Crippen LogP contribution in [0.4, 0.5) is 0 Å². The lowest BCUT2D eigenvalue weighted by molar-refractivity contribution is -0.124. The molecule has 1 aromatic rings. The molecule has 0 spiro atoms. The summed E-state index contributed by atoms with van der Waals surface area (Å²) in [6, 6.07) is 5.80.